The minimum absolute atomic E-state index is 0.0986. The van der Waals surface area contributed by atoms with Gasteiger partial charge in [-0.3, -0.25) is 4.79 Å². The van der Waals surface area contributed by atoms with Crippen LogP contribution in [0.15, 0.2) is 46.2 Å². The van der Waals surface area contributed by atoms with E-state index in [0.29, 0.717) is 5.16 Å². The second-order valence-corrected chi connectivity index (χ2v) is 8.21. The lowest BCUT2D eigenvalue weighted by Crippen LogP contribution is -2.40. The molecular formula is C20H22N4O2S. The zero-order valence-electron chi connectivity index (χ0n) is 15.8. The summed E-state index contributed by atoms with van der Waals surface area (Å²) < 4.78 is 7.28. The summed E-state index contributed by atoms with van der Waals surface area (Å²) in [6, 6.07) is 10.2. The maximum Gasteiger partial charge on any atom is 0.240 e. The van der Waals surface area contributed by atoms with Crippen molar-refractivity contribution in [2.45, 2.75) is 43.6 Å². The molecule has 4 rings (SSSR count). The lowest BCUT2D eigenvalue weighted by atomic mass is 10.1. The maximum absolute atomic E-state index is 13.2. The Kier molecular flexibility index (Phi) is 4.55. The van der Waals surface area contributed by atoms with Crippen LogP contribution in [0.1, 0.15) is 25.2 Å². The molecule has 1 amide bonds. The molecule has 0 spiro atoms. The molecule has 2 aromatic heterocycles. The molecule has 1 aromatic carbocycles. The van der Waals surface area contributed by atoms with Crippen LogP contribution in [0, 0.1) is 6.92 Å². The van der Waals surface area contributed by atoms with Crippen LogP contribution < -0.4 is 4.90 Å². The fraction of sp³-hybridized carbons (Fsp3) is 0.350. The van der Waals surface area contributed by atoms with E-state index in [4.69, 9.17) is 4.42 Å². The van der Waals surface area contributed by atoms with Crippen molar-refractivity contribution in [3.05, 3.63) is 47.9 Å². The van der Waals surface area contributed by atoms with Gasteiger partial charge in [0.05, 0.1) is 17.1 Å². The van der Waals surface area contributed by atoms with Crippen molar-refractivity contribution in [1.82, 2.24) is 14.8 Å². The highest BCUT2D eigenvalue weighted by Gasteiger charge is 2.34. The zero-order valence-corrected chi connectivity index (χ0v) is 16.7. The van der Waals surface area contributed by atoms with Crippen LogP contribution in [0.5, 0.6) is 0 Å². The van der Waals surface area contributed by atoms with Crippen LogP contribution in [0.3, 0.4) is 0 Å². The zero-order chi connectivity index (χ0) is 19.1. The van der Waals surface area contributed by atoms with E-state index in [9.17, 15) is 4.79 Å². The van der Waals surface area contributed by atoms with Gasteiger partial charge in [-0.2, -0.15) is 0 Å². The molecule has 1 aliphatic rings. The smallest absolute Gasteiger partial charge is 0.240 e. The molecule has 0 saturated carbocycles. The van der Waals surface area contributed by atoms with Crippen molar-refractivity contribution >= 4 is 23.4 Å². The molecule has 1 aliphatic heterocycles. The number of aromatic nitrogens is 3. The molecule has 2 atom stereocenters. The van der Waals surface area contributed by atoms with Gasteiger partial charge in [0, 0.05) is 18.8 Å². The van der Waals surface area contributed by atoms with Gasteiger partial charge in [-0.15, -0.1) is 10.2 Å². The van der Waals surface area contributed by atoms with Gasteiger partial charge in [-0.25, -0.2) is 0 Å². The molecule has 3 aromatic rings. The third-order valence-corrected chi connectivity index (χ3v) is 6.13. The Morgan fingerprint density at radius 2 is 2.07 bits per heavy atom. The molecule has 0 bridgehead atoms. The van der Waals surface area contributed by atoms with E-state index in [-0.39, 0.29) is 17.2 Å². The van der Waals surface area contributed by atoms with Gasteiger partial charge in [-0.1, -0.05) is 30.0 Å². The van der Waals surface area contributed by atoms with Gasteiger partial charge >= 0.3 is 0 Å². The number of furan rings is 1. The number of hydrogen-bond acceptors (Lipinski definition) is 5. The summed E-state index contributed by atoms with van der Waals surface area (Å²) in [4.78, 5) is 15.1. The number of carbonyl (C=O) groups is 1. The monoisotopic (exact) mass is 382 g/mol. The minimum Gasteiger partial charge on any atom is -0.469 e. The lowest BCUT2D eigenvalue weighted by molar-refractivity contribution is -0.118. The van der Waals surface area contributed by atoms with Crippen LogP contribution in [0.4, 0.5) is 5.69 Å². The Morgan fingerprint density at radius 1 is 1.30 bits per heavy atom. The number of para-hydroxylation sites is 1. The van der Waals surface area contributed by atoms with E-state index in [1.807, 2.05) is 54.6 Å². The largest absolute Gasteiger partial charge is 0.469 e. The summed E-state index contributed by atoms with van der Waals surface area (Å²) in [7, 11) is 1.91. The quantitative estimate of drug-likeness (QED) is 0.642. The second-order valence-electron chi connectivity index (χ2n) is 6.91. The molecule has 0 unspecified atom stereocenters. The van der Waals surface area contributed by atoms with Crippen LogP contribution in [0.2, 0.25) is 0 Å². The van der Waals surface area contributed by atoms with Crippen LogP contribution in [-0.4, -0.2) is 32.0 Å². The highest BCUT2D eigenvalue weighted by molar-refractivity contribution is 8.00. The molecule has 6 nitrogen and oxygen atoms in total. The van der Waals surface area contributed by atoms with Crippen LogP contribution >= 0.6 is 11.8 Å². The summed E-state index contributed by atoms with van der Waals surface area (Å²) in [5, 5.41) is 9.03. The molecule has 140 valence electrons. The molecule has 0 fully saturated rings. The number of anilines is 1. The second kappa shape index (κ2) is 6.88. The molecule has 3 heterocycles. The molecule has 27 heavy (non-hydrogen) atoms. The van der Waals surface area contributed by atoms with E-state index in [1.54, 1.807) is 6.26 Å². The predicted molar refractivity (Wildman–Crippen MR) is 106 cm³/mol. The predicted octanol–water partition coefficient (Wildman–Crippen LogP) is 3.84. The normalized spacial score (nSPS) is 17.2. The molecule has 0 radical (unpaired) electrons. The van der Waals surface area contributed by atoms with Gasteiger partial charge in [-0.05, 0) is 44.9 Å². The number of rotatable bonds is 4. The number of benzene rings is 1. The van der Waals surface area contributed by atoms with E-state index >= 15 is 0 Å². The average molecular weight is 382 g/mol. The summed E-state index contributed by atoms with van der Waals surface area (Å²) >= 11 is 1.43. The van der Waals surface area contributed by atoms with Gasteiger partial charge in [0.1, 0.15) is 5.76 Å². The molecular weight excluding hydrogens is 360 g/mol. The summed E-state index contributed by atoms with van der Waals surface area (Å²) in [5.41, 5.74) is 3.17. The Labute approximate surface area is 162 Å². The van der Waals surface area contributed by atoms with Gasteiger partial charge < -0.3 is 13.9 Å². The molecule has 7 heteroatoms. The van der Waals surface area contributed by atoms with Gasteiger partial charge in [0.2, 0.25) is 5.91 Å². The first-order valence-electron chi connectivity index (χ1n) is 8.99. The number of fused-ring (bicyclic) bond motifs is 1. The fourth-order valence-corrected chi connectivity index (χ4v) is 4.44. The number of aryl methyl sites for hydroxylation is 1. The Balaban J connectivity index is 1.55. The number of carbonyl (C=O) groups excluding carboxylic acids is 1. The van der Waals surface area contributed by atoms with Crippen LogP contribution in [0.25, 0.3) is 11.4 Å². The Morgan fingerprint density at radius 3 is 2.81 bits per heavy atom. The van der Waals surface area contributed by atoms with Crippen molar-refractivity contribution in [1.29, 1.82) is 0 Å². The highest BCUT2D eigenvalue weighted by Crippen LogP contribution is 2.35. The van der Waals surface area contributed by atoms with Crippen molar-refractivity contribution in [2.75, 3.05) is 4.90 Å². The van der Waals surface area contributed by atoms with Crippen molar-refractivity contribution in [3.63, 3.8) is 0 Å². The van der Waals surface area contributed by atoms with E-state index in [2.05, 4.69) is 23.2 Å². The van der Waals surface area contributed by atoms with Crippen molar-refractivity contribution in [2.24, 2.45) is 7.05 Å². The molecule has 0 saturated heterocycles. The van der Waals surface area contributed by atoms with Gasteiger partial charge in [0.15, 0.2) is 11.0 Å². The van der Waals surface area contributed by atoms with Crippen LogP contribution in [-0.2, 0) is 18.3 Å². The topological polar surface area (TPSA) is 64.2 Å². The Bertz CT molecular complexity index is 994. The van der Waals surface area contributed by atoms with Gasteiger partial charge in [0.25, 0.3) is 0 Å². The van der Waals surface area contributed by atoms with E-state index in [0.717, 1.165) is 29.3 Å². The number of thioether (sulfide) groups is 1. The third kappa shape index (κ3) is 3.06. The SMILES string of the molecule is Cc1occc1-c1nnc(S[C@H](C)C(=O)N2c3ccccc3C[C@H]2C)n1C. The first kappa shape index (κ1) is 17.9. The lowest BCUT2D eigenvalue weighted by Gasteiger charge is -2.25. The first-order valence-corrected chi connectivity index (χ1v) is 9.87. The third-order valence-electron chi connectivity index (χ3n) is 5.01. The van der Waals surface area contributed by atoms with Crippen molar-refractivity contribution in [3.8, 4) is 11.4 Å². The maximum atomic E-state index is 13.2. The van der Waals surface area contributed by atoms with E-state index < -0.39 is 0 Å². The van der Waals surface area contributed by atoms with Crippen molar-refractivity contribution < 1.29 is 9.21 Å². The molecule has 0 aliphatic carbocycles. The first-order chi connectivity index (χ1) is 13.0. The number of amides is 1. The molecule has 0 N–H and O–H groups in total. The highest BCUT2D eigenvalue weighted by atomic mass is 32.2. The summed E-state index contributed by atoms with van der Waals surface area (Å²) in [6.07, 6.45) is 2.54. The number of hydrogen-bond donors (Lipinski definition) is 0. The fourth-order valence-electron chi connectivity index (χ4n) is 3.57. The van der Waals surface area contributed by atoms with E-state index in [1.165, 1.54) is 17.3 Å². The summed E-state index contributed by atoms with van der Waals surface area (Å²) in [5.74, 6) is 1.64. The average Bonchev–Trinajstić information content (AvgIpc) is 3.31. The Hall–Kier alpha value is -2.54. The minimum atomic E-state index is -0.264. The summed E-state index contributed by atoms with van der Waals surface area (Å²) in [6.45, 7) is 5.92. The number of nitrogens with zero attached hydrogens (tertiary/aromatic N) is 4. The standard InChI is InChI=1S/C20H22N4O2S/c1-12-11-15-7-5-6-8-17(15)24(12)19(25)14(3)27-20-22-21-18(23(20)4)16-9-10-26-13(16)2/h5-10,12,14H,11H2,1-4H3/t12-,14-/m1/s1.